The molecule has 0 saturated heterocycles. The Bertz CT molecular complexity index is 1190. The van der Waals surface area contributed by atoms with Crippen LogP contribution < -0.4 is 15.1 Å². The molecule has 0 N–H and O–H groups in total. The summed E-state index contributed by atoms with van der Waals surface area (Å²) in [5.41, 5.74) is 3.49. The zero-order chi connectivity index (χ0) is 22.5. The van der Waals surface area contributed by atoms with Gasteiger partial charge in [0, 0.05) is 28.7 Å². The fourth-order valence-corrected chi connectivity index (χ4v) is 3.53. The van der Waals surface area contributed by atoms with Gasteiger partial charge in [-0.3, -0.25) is 0 Å². The van der Waals surface area contributed by atoms with Crippen LogP contribution in [0.1, 0.15) is 42.0 Å². The monoisotopic (exact) mass is 422 g/mol. The minimum absolute atomic E-state index is 0.0406. The Morgan fingerprint density at radius 2 is 1.90 bits per heavy atom. The Kier molecular flexibility index (Phi) is 6.80. The van der Waals surface area contributed by atoms with E-state index in [1.807, 2.05) is 19.1 Å². The van der Waals surface area contributed by atoms with Gasteiger partial charge in [0.25, 0.3) is 0 Å². The van der Waals surface area contributed by atoms with E-state index in [1.54, 1.807) is 31.4 Å². The topological polar surface area (TPSA) is 75.0 Å². The van der Waals surface area contributed by atoms with E-state index in [0.29, 0.717) is 34.1 Å². The Balaban J connectivity index is 1.83. The van der Waals surface area contributed by atoms with Gasteiger partial charge in [-0.1, -0.05) is 26.0 Å². The van der Waals surface area contributed by atoms with Gasteiger partial charge >= 0.3 is 11.6 Å². The Labute approximate surface area is 181 Å². The first-order chi connectivity index (χ1) is 14.8. The number of methoxy groups -OCH3 is 2. The lowest BCUT2D eigenvalue weighted by Gasteiger charge is -2.13. The van der Waals surface area contributed by atoms with Crippen molar-refractivity contribution in [2.24, 2.45) is 0 Å². The van der Waals surface area contributed by atoms with E-state index in [1.165, 1.54) is 19.3 Å². The van der Waals surface area contributed by atoms with Crippen LogP contribution in [0.4, 0.5) is 0 Å². The molecule has 0 aliphatic carbocycles. The van der Waals surface area contributed by atoms with Gasteiger partial charge in [-0.05, 0) is 48.2 Å². The average molecular weight is 422 g/mol. The molecule has 0 amide bonds. The van der Waals surface area contributed by atoms with Crippen LogP contribution in [0.3, 0.4) is 0 Å². The highest BCUT2D eigenvalue weighted by Crippen LogP contribution is 2.31. The summed E-state index contributed by atoms with van der Waals surface area (Å²) in [5, 5.41) is 0.764. The summed E-state index contributed by atoms with van der Waals surface area (Å²) in [6.07, 6.45) is 2.91. The van der Waals surface area contributed by atoms with Gasteiger partial charge in [-0.2, -0.15) is 0 Å². The maximum Gasteiger partial charge on any atom is 0.336 e. The van der Waals surface area contributed by atoms with Crippen molar-refractivity contribution < 1.29 is 23.4 Å². The number of hydrogen-bond acceptors (Lipinski definition) is 6. The smallest absolute Gasteiger partial charge is 0.336 e. The molecular formula is C25H26O6. The maximum atomic E-state index is 12.3. The van der Waals surface area contributed by atoms with Gasteiger partial charge in [0.2, 0.25) is 0 Å². The van der Waals surface area contributed by atoms with Crippen molar-refractivity contribution in [3.8, 4) is 11.5 Å². The zero-order valence-corrected chi connectivity index (χ0v) is 18.4. The van der Waals surface area contributed by atoms with Crippen LogP contribution in [-0.4, -0.2) is 20.2 Å². The van der Waals surface area contributed by atoms with Crippen LogP contribution in [-0.2, 0) is 16.1 Å². The molecule has 1 heterocycles. The van der Waals surface area contributed by atoms with Crippen LogP contribution in [0.5, 0.6) is 11.5 Å². The molecule has 2 aromatic carbocycles. The van der Waals surface area contributed by atoms with Crippen molar-refractivity contribution in [2.45, 2.75) is 33.3 Å². The molecule has 0 aliphatic heterocycles. The third kappa shape index (κ3) is 4.97. The first-order valence-electron chi connectivity index (χ1n) is 9.97. The Morgan fingerprint density at radius 3 is 2.58 bits per heavy atom. The number of para-hydroxylation sites is 1. The van der Waals surface area contributed by atoms with Crippen LogP contribution in [0, 0.1) is 6.92 Å². The van der Waals surface area contributed by atoms with Gasteiger partial charge in [-0.15, -0.1) is 0 Å². The van der Waals surface area contributed by atoms with Crippen LogP contribution in [0.15, 0.2) is 51.7 Å². The first kappa shape index (κ1) is 22.2. The summed E-state index contributed by atoms with van der Waals surface area (Å²) in [5.74, 6) is 0.865. The third-order valence-electron chi connectivity index (χ3n) is 5.04. The summed E-state index contributed by atoms with van der Waals surface area (Å²) in [6.45, 7) is 6.15. The lowest BCUT2D eigenvalue weighted by molar-refractivity contribution is -0.138. The number of carbonyl (C=O) groups is 1. The summed E-state index contributed by atoms with van der Waals surface area (Å²) in [6, 6.07) is 10.6. The molecular weight excluding hydrogens is 396 g/mol. The van der Waals surface area contributed by atoms with Crippen molar-refractivity contribution in [3.63, 3.8) is 0 Å². The van der Waals surface area contributed by atoms with E-state index in [-0.39, 0.29) is 6.61 Å². The fourth-order valence-electron chi connectivity index (χ4n) is 3.53. The van der Waals surface area contributed by atoms with E-state index in [0.717, 1.165) is 16.5 Å². The number of ether oxygens (including phenoxy) is 3. The number of fused-ring (bicyclic) bond motifs is 1. The second-order valence-electron chi connectivity index (χ2n) is 7.47. The van der Waals surface area contributed by atoms with Gasteiger partial charge in [-0.25, -0.2) is 9.59 Å². The summed E-state index contributed by atoms with van der Waals surface area (Å²) in [7, 11) is 3.08. The first-order valence-corrected chi connectivity index (χ1v) is 9.97. The molecule has 1 aromatic heterocycles. The van der Waals surface area contributed by atoms with E-state index < -0.39 is 11.6 Å². The second kappa shape index (κ2) is 9.51. The highest BCUT2D eigenvalue weighted by molar-refractivity contribution is 5.88. The van der Waals surface area contributed by atoms with E-state index >= 15 is 0 Å². The van der Waals surface area contributed by atoms with Gasteiger partial charge in [0.1, 0.15) is 12.2 Å². The van der Waals surface area contributed by atoms with E-state index in [4.69, 9.17) is 18.6 Å². The predicted molar refractivity (Wildman–Crippen MR) is 120 cm³/mol. The van der Waals surface area contributed by atoms with Crippen LogP contribution in [0.2, 0.25) is 0 Å². The van der Waals surface area contributed by atoms with Gasteiger partial charge in [0.05, 0.1) is 14.2 Å². The number of carbonyl (C=O) groups excluding carboxylic acids is 1. The Hall–Kier alpha value is -3.54. The molecule has 6 heteroatoms. The molecule has 31 heavy (non-hydrogen) atoms. The summed E-state index contributed by atoms with van der Waals surface area (Å²) in [4.78, 5) is 24.3. The fraction of sp³-hybridized carbons (Fsp3) is 0.280. The predicted octanol–water partition coefficient (Wildman–Crippen LogP) is 5.00. The second-order valence-corrected chi connectivity index (χ2v) is 7.47. The van der Waals surface area contributed by atoms with Crippen molar-refractivity contribution >= 4 is 23.0 Å². The molecule has 162 valence electrons. The standard InChI is InChI=1S/C25H26O6/c1-15(2)19-13-20-18(12-24(27)31-22(20)11-16(19)3)14-30-23(26)10-9-17-7-6-8-21(28-4)25(17)29-5/h6-13,15H,14H2,1-5H3/b10-9+. The molecule has 0 atom stereocenters. The number of rotatable bonds is 7. The molecule has 0 aliphatic rings. The summed E-state index contributed by atoms with van der Waals surface area (Å²) >= 11 is 0. The normalized spacial score (nSPS) is 11.3. The molecule has 6 nitrogen and oxygen atoms in total. The number of aryl methyl sites for hydroxylation is 1. The minimum atomic E-state index is -0.539. The number of esters is 1. The highest BCUT2D eigenvalue weighted by Gasteiger charge is 2.13. The molecule has 0 bridgehead atoms. The number of benzene rings is 2. The SMILES string of the molecule is COc1cccc(/C=C/C(=O)OCc2cc(=O)oc3cc(C)c(C(C)C)cc23)c1OC. The highest BCUT2D eigenvalue weighted by atomic mass is 16.5. The van der Waals surface area contributed by atoms with Crippen molar-refractivity contribution in [2.75, 3.05) is 14.2 Å². The van der Waals surface area contributed by atoms with Crippen LogP contribution >= 0.6 is 0 Å². The lowest BCUT2D eigenvalue weighted by atomic mass is 9.95. The van der Waals surface area contributed by atoms with Crippen molar-refractivity contribution in [1.82, 2.24) is 0 Å². The molecule has 0 saturated carbocycles. The van der Waals surface area contributed by atoms with Crippen molar-refractivity contribution in [1.29, 1.82) is 0 Å². The molecule has 3 rings (SSSR count). The third-order valence-corrected chi connectivity index (χ3v) is 5.04. The molecule has 0 spiro atoms. The maximum absolute atomic E-state index is 12.3. The van der Waals surface area contributed by atoms with Gasteiger partial charge < -0.3 is 18.6 Å². The quantitative estimate of drug-likeness (QED) is 0.303. The van der Waals surface area contributed by atoms with E-state index in [9.17, 15) is 9.59 Å². The molecule has 3 aromatic rings. The van der Waals surface area contributed by atoms with Gasteiger partial charge in [0.15, 0.2) is 11.5 Å². The molecule has 0 unspecified atom stereocenters. The number of hydrogen-bond donors (Lipinski definition) is 0. The molecule has 0 radical (unpaired) electrons. The van der Waals surface area contributed by atoms with Crippen LogP contribution in [0.25, 0.3) is 17.0 Å². The largest absolute Gasteiger partial charge is 0.493 e. The van der Waals surface area contributed by atoms with E-state index in [2.05, 4.69) is 13.8 Å². The average Bonchev–Trinajstić information content (AvgIpc) is 2.74. The minimum Gasteiger partial charge on any atom is -0.493 e. The molecule has 0 fully saturated rings. The lowest BCUT2D eigenvalue weighted by Crippen LogP contribution is -2.06. The zero-order valence-electron chi connectivity index (χ0n) is 18.4. The van der Waals surface area contributed by atoms with Crippen molar-refractivity contribution in [3.05, 3.63) is 75.1 Å². The Morgan fingerprint density at radius 1 is 1.13 bits per heavy atom. The summed E-state index contributed by atoms with van der Waals surface area (Å²) < 4.78 is 21.4.